The molecule has 1 saturated heterocycles. The highest BCUT2D eigenvalue weighted by Crippen LogP contribution is 2.17. The Morgan fingerprint density at radius 3 is 2.52 bits per heavy atom. The lowest BCUT2D eigenvalue weighted by molar-refractivity contribution is -0.132. The Bertz CT molecular complexity index is 1010. The molecule has 1 fully saturated rings. The quantitative estimate of drug-likeness (QED) is 0.584. The lowest BCUT2D eigenvalue weighted by Gasteiger charge is -2.34. The van der Waals surface area contributed by atoms with E-state index in [1.807, 2.05) is 23.1 Å². The zero-order valence-corrected chi connectivity index (χ0v) is 17.3. The molecule has 1 aliphatic rings. The number of carbonyl (C=O) groups is 1. The van der Waals surface area contributed by atoms with Crippen LogP contribution < -0.4 is 0 Å². The molecule has 2 heterocycles. The van der Waals surface area contributed by atoms with Crippen LogP contribution in [-0.4, -0.2) is 58.6 Å². The third-order valence-electron chi connectivity index (χ3n) is 5.32. The van der Waals surface area contributed by atoms with Crippen molar-refractivity contribution >= 4 is 12.0 Å². The Labute approximate surface area is 181 Å². The Hall–Kier alpha value is -3.32. The zero-order valence-electron chi connectivity index (χ0n) is 17.3. The molecule has 1 aromatic heterocycles. The number of aromatic nitrogens is 2. The molecule has 0 atom stereocenters. The second-order valence-electron chi connectivity index (χ2n) is 7.51. The number of piperazine rings is 1. The van der Waals surface area contributed by atoms with Gasteiger partial charge in [-0.2, -0.15) is 4.98 Å². The Morgan fingerprint density at radius 2 is 1.77 bits per heavy atom. The molecule has 3 aromatic rings. The maximum atomic E-state index is 13.0. The molecule has 160 valence electrons. The van der Waals surface area contributed by atoms with Crippen LogP contribution in [0.2, 0.25) is 0 Å². The van der Waals surface area contributed by atoms with Crippen LogP contribution in [0.5, 0.6) is 0 Å². The maximum Gasteiger partial charge on any atom is 0.227 e. The van der Waals surface area contributed by atoms with Crippen LogP contribution >= 0.6 is 0 Å². The first-order valence-corrected chi connectivity index (χ1v) is 10.5. The van der Waals surface area contributed by atoms with Gasteiger partial charge in [-0.05, 0) is 29.8 Å². The molecule has 0 spiro atoms. The van der Waals surface area contributed by atoms with Gasteiger partial charge in [0.2, 0.25) is 17.6 Å². The number of amides is 1. The number of benzene rings is 2. The van der Waals surface area contributed by atoms with Crippen molar-refractivity contribution in [1.82, 2.24) is 19.9 Å². The van der Waals surface area contributed by atoms with Gasteiger partial charge in [0.1, 0.15) is 5.82 Å². The standard InChI is InChI=1S/C24H25FN4O2/c25-21-10-8-20(9-11-21)24-26-22(31-27-24)12-13-23(30)29-17-15-28(16-18-29)14-4-7-19-5-2-1-3-6-19/h1-11H,12-18H2/b7-4+. The van der Waals surface area contributed by atoms with E-state index in [0.29, 0.717) is 30.1 Å². The molecule has 0 unspecified atom stereocenters. The van der Waals surface area contributed by atoms with E-state index in [4.69, 9.17) is 4.52 Å². The van der Waals surface area contributed by atoms with E-state index in [2.05, 4.69) is 39.3 Å². The molecule has 0 N–H and O–H groups in total. The number of aryl methyl sites for hydroxylation is 1. The minimum absolute atomic E-state index is 0.0982. The molecular formula is C24H25FN4O2. The second-order valence-corrected chi connectivity index (χ2v) is 7.51. The van der Waals surface area contributed by atoms with E-state index in [1.54, 1.807) is 12.1 Å². The van der Waals surface area contributed by atoms with Gasteiger partial charge in [0, 0.05) is 51.1 Å². The fourth-order valence-electron chi connectivity index (χ4n) is 3.53. The Kier molecular flexibility index (Phi) is 6.84. The van der Waals surface area contributed by atoms with Crippen LogP contribution in [0.25, 0.3) is 17.5 Å². The van der Waals surface area contributed by atoms with Gasteiger partial charge in [-0.15, -0.1) is 0 Å². The van der Waals surface area contributed by atoms with Crippen LogP contribution in [-0.2, 0) is 11.2 Å². The van der Waals surface area contributed by atoms with E-state index in [9.17, 15) is 9.18 Å². The molecule has 0 aliphatic carbocycles. The summed E-state index contributed by atoms with van der Waals surface area (Å²) in [6.45, 7) is 4.05. The first-order valence-electron chi connectivity index (χ1n) is 10.5. The number of hydrogen-bond acceptors (Lipinski definition) is 5. The van der Waals surface area contributed by atoms with Crippen molar-refractivity contribution in [2.75, 3.05) is 32.7 Å². The van der Waals surface area contributed by atoms with Crippen LogP contribution in [0.3, 0.4) is 0 Å². The van der Waals surface area contributed by atoms with Crippen molar-refractivity contribution in [3.63, 3.8) is 0 Å². The molecule has 0 radical (unpaired) electrons. The first kappa shape index (κ1) is 20.9. The highest BCUT2D eigenvalue weighted by molar-refractivity contribution is 5.76. The summed E-state index contributed by atoms with van der Waals surface area (Å²) in [6, 6.07) is 16.1. The average Bonchev–Trinajstić information content (AvgIpc) is 3.28. The monoisotopic (exact) mass is 420 g/mol. The summed E-state index contributed by atoms with van der Waals surface area (Å²) in [5.74, 6) is 0.600. The normalized spacial score (nSPS) is 14.9. The molecule has 0 saturated carbocycles. The number of carbonyl (C=O) groups excluding carboxylic acids is 1. The fourth-order valence-corrected chi connectivity index (χ4v) is 3.53. The summed E-state index contributed by atoms with van der Waals surface area (Å²) in [7, 11) is 0. The molecule has 1 amide bonds. The average molecular weight is 420 g/mol. The smallest absolute Gasteiger partial charge is 0.227 e. The van der Waals surface area contributed by atoms with Crippen molar-refractivity contribution in [3.8, 4) is 11.4 Å². The van der Waals surface area contributed by atoms with Crippen molar-refractivity contribution in [2.24, 2.45) is 0 Å². The van der Waals surface area contributed by atoms with Crippen LogP contribution in [0.15, 0.2) is 65.2 Å². The molecule has 1 aliphatic heterocycles. The molecule has 2 aromatic carbocycles. The van der Waals surface area contributed by atoms with Gasteiger partial charge in [-0.25, -0.2) is 4.39 Å². The van der Waals surface area contributed by atoms with Crippen molar-refractivity contribution in [1.29, 1.82) is 0 Å². The summed E-state index contributed by atoms with van der Waals surface area (Å²) in [5.41, 5.74) is 1.88. The van der Waals surface area contributed by atoms with E-state index in [-0.39, 0.29) is 11.7 Å². The largest absolute Gasteiger partial charge is 0.340 e. The van der Waals surface area contributed by atoms with E-state index in [0.717, 1.165) is 32.7 Å². The number of halogens is 1. The first-order chi connectivity index (χ1) is 15.2. The summed E-state index contributed by atoms with van der Waals surface area (Å²) >= 11 is 0. The third-order valence-corrected chi connectivity index (χ3v) is 5.32. The van der Waals surface area contributed by atoms with E-state index >= 15 is 0 Å². The summed E-state index contributed by atoms with van der Waals surface area (Å²) < 4.78 is 18.3. The third kappa shape index (κ3) is 5.86. The van der Waals surface area contributed by atoms with Crippen LogP contribution in [0.4, 0.5) is 4.39 Å². The summed E-state index contributed by atoms with van der Waals surface area (Å²) in [5, 5.41) is 3.92. The maximum absolute atomic E-state index is 13.0. The highest BCUT2D eigenvalue weighted by Gasteiger charge is 2.21. The van der Waals surface area contributed by atoms with Crippen molar-refractivity contribution in [3.05, 3.63) is 77.9 Å². The van der Waals surface area contributed by atoms with Crippen LogP contribution in [0, 0.1) is 5.82 Å². The SMILES string of the molecule is O=C(CCc1nc(-c2ccc(F)cc2)no1)N1CCN(C/C=C/c2ccccc2)CC1. The predicted octanol–water partition coefficient (Wildman–Crippen LogP) is 3.67. The Morgan fingerprint density at radius 1 is 1.03 bits per heavy atom. The molecular weight excluding hydrogens is 395 g/mol. The van der Waals surface area contributed by atoms with Crippen molar-refractivity contribution in [2.45, 2.75) is 12.8 Å². The van der Waals surface area contributed by atoms with Gasteiger partial charge in [0.05, 0.1) is 0 Å². The number of rotatable bonds is 7. The van der Waals surface area contributed by atoms with Gasteiger partial charge in [-0.1, -0.05) is 47.6 Å². The van der Waals surface area contributed by atoms with Gasteiger partial charge in [0.25, 0.3) is 0 Å². The molecule has 7 heteroatoms. The fraction of sp³-hybridized carbons (Fsp3) is 0.292. The molecule has 0 bridgehead atoms. The van der Waals surface area contributed by atoms with Gasteiger partial charge in [-0.3, -0.25) is 9.69 Å². The molecule has 6 nitrogen and oxygen atoms in total. The predicted molar refractivity (Wildman–Crippen MR) is 117 cm³/mol. The molecule has 31 heavy (non-hydrogen) atoms. The van der Waals surface area contributed by atoms with Crippen molar-refractivity contribution < 1.29 is 13.7 Å². The lowest BCUT2D eigenvalue weighted by atomic mass is 10.2. The number of hydrogen-bond donors (Lipinski definition) is 0. The van der Waals surface area contributed by atoms with Gasteiger partial charge < -0.3 is 9.42 Å². The minimum atomic E-state index is -0.314. The summed E-state index contributed by atoms with van der Waals surface area (Å²) in [6.07, 6.45) is 5.02. The van der Waals surface area contributed by atoms with E-state index in [1.165, 1.54) is 17.7 Å². The second kappa shape index (κ2) is 10.1. The topological polar surface area (TPSA) is 62.5 Å². The summed E-state index contributed by atoms with van der Waals surface area (Å²) in [4.78, 5) is 21.1. The van der Waals surface area contributed by atoms with Gasteiger partial charge >= 0.3 is 0 Å². The Balaban J connectivity index is 1.20. The van der Waals surface area contributed by atoms with E-state index < -0.39 is 0 Å². The highest BCUT2D eigenvalue weighted by atomic mass is 19.1. The lowest BCUT2D eigenvalue weighted by Crippen LogP contribution is -2.48. The molecule has 4 rings (SSSR count). The van der Waals surface area contributed by atoms with Crippen LogP contribution in [0.1, 0.15) is 17.9 Å². The van der Waals surface area contributed by atoms with Gasteiger partial charge in [0.15, 0.2) is 0 Å². The number of nitrogens with zero attached hydrogens (tertiary/aromatic N) is 4. The zero-order chi connectivity index (χ0) is 21.5. The minimum Gasteiger partial charge on any atom is -0.340 e.